The molecule has 1 aromatic rings. The second-order valence-electron chi connectivity index (χ2n) is 6.42. The summed E-state index contributed by atoms with van der Waals surface area (Å²) in [5.41, 5.74) is 3.36. The molecule has 2 N–H and O–H groups in total. The molecule has 0 fully saturated rings. The molecule has 146 valence electrons. The minimum atomic E-state index is -0.204. The molecule has 0 aromatic heterocycles. The van der Waals surface area contributed by atoms with Crippen LogP contribution in [0.1, 0.15) is 45.2 Å². The third-order valence-corrected chi connectivity index (χ3v) is 5.05. The molecule has 0 saturated heterocycles. The summed E-state index contributed by atoms with van der Waals surface area (Å²) >= 11 is 1.62. The molecule has 26 heavy (non-hydrogen) atoms. The van der Waals surface area contributed by atoms with Crippen molar-refractivity contribution in [3.05, 3.63) is 46.4 Å². The number of benzene rings is 1. The first kappa shape index (κ1) is 22.7. The summed E-state index contributed by atoms with van der Waals surface area (Å²) in [4.78, 5) is 12.5. The molecule has 0 aliphatic rings. The van der Waals surface area contributed by atoms with E-state index in [4.69, 9.17) is 4.74 Å². The van der Waals surface area contributed by atoms with E-state index in [9.17, 15) is 4.79 Å². The van der Waals surface area contributed by atoms with Crippen LogP contribution in [0.2, 0.25) is 0 Å². The summed E-state index contributed by atoms with van der Waals surface area (Å²) in [6.07, 6.45) is 1.74. The van der Waals surface area contributed by atoms with Crippen molar-refractivity contribution in [3.63, 3.8) is 0 Å². The van der Waals surface area contributed by atoms with Crippen LogP contribution in [-0.4, -0.2) is 37.5 Å². The van der Waals surface area contributed by atoms with E-state index in [0.717, 1.165) is 31.7 Å². The van der Waals surface area contributed by atoms with Gasteiger partial charge >= 0.3 is 0 Å². The highest BCUT2D eigenvalue weighted by atomic mass is 32.2. The van der Waals surface area contributed by atoms with Crippen molar-refractivity contribution in [3.8, 4) is 0 Å². The topological polar surface area (TPSA) is 50.4 Å². The number of hydrogen-bond acceptors (Lipinski definition) is 4. The van der Waals surface area contributed by atoms with E-state index in [1.165, 1.54) is 11.1 Å². The lowest BCUT2D eigenvalue weighted by Gasteiger charge is -2.18. The molecule has 1 rings (SSSR count). The van der Waals surface area contributed by atoms with Gasteiger partial charge in [0.1, 0.15) is 0 Å². The monoisotopic (exact) mass is 378 g/mol. The molecule has 0 aliphatic heterocycles. The van der Waals surface area contributed by atoms with Crippen LogP contribution in [0.15, 0.2) is 35.2 Å². The number of hydrogen-bond donors (Lipinski definition) is 2. The maximum absolute atomic E-state index is 12.5. The minimum Gasteiger partial charge on any atom is -0.377 e. The maximum Gasteiger partial charge on any atom is 0.250 e. The van der Waals surface area contributed by atoms with Crippen LogP contribution in [0.5, 0.6) is 0 Å². The van der Waals surface area contributed by atoms with Crippen molar-refractivity contribution in [1.29, 1.82) is 0 Å². The lowest BCUT2D eigenvalue weighted by molar-refractivity contribution is -0.119. The fraction of sp³-hybridized carbons (Fsp3) is 0.571. The SMILES string of the molecule is CCS/C=C(/C(=O)NC(C)CCNCc1cccc(CC)c1)C(C)OC. The van der Waals surface area contributed by atoms with Crippen LogP contribution in [0, 0.1) is 0 Å². The van der Waals surface area contributed by atoms with E-state index in [1.54, 1.807) is 18.9 Å². The fourth-order valence-electron chi connectivity index (χ4n) is 2.52. The number of rotatable bonds is 12. The van der Waals surface area contributed by atoms with E-state index >= 15 is 0 Å². The van der Waals surface area contributed by atoms with E-state index in [2.05, 4.69) is 48.7 Å². The number of carbonyl (C=O) groups is 1. The Bertz CT molecular complexity index is 575. The Hall–Kier alpha value is -1.30. The molecule has 4 nitrogen and oxygen atoms in total. The first-order valence-corrected chi connectivity index (χ1v) is 10.5. The summed E-state index contributed by atoms with van der Waals surface area (Å²) in [6, 6.07) is 8.76. The van der Waals surface area contributed by atoms with Gasteiger partial charge in [-0.05, 0) is 55.5 Å². The Labute approximate surface area is 163 Å². The highest BCUT2D eigenvalue weighted by Gasteiger charge is 2.18. The predicted molar refractivity (Wildman–Crippen MR) is 112 cm³/mol. The molecular weight excluding hydrogens is 344 g/mol. The number of methoxy groups -OCH3 is 1. The van der Waals surface area contributed by atoms with Crippen molar-refractivity contribution in [2.45, 2.75) is 59.2 Å². The van der Waals surface area contributed by atoms with Crippen molar-refractivity contribution in [1.82, 2.24) is 10.6 Å². The molecule has 2 unspecified atom stereocenters. The Morgan fingerprint density at radius 1 is 1.27 bits per heavy atom. The number of amides is 1. The molecule has 2 atom stereocenters. The van der Waals surface area contributed by atoms with Gasteiger partial charge in [0.15, 0.2) is 0 Å². The summed E-state index contributed by atoms with van der Waals surface area (Å²) < 4.78 is 5.32. The quantitative estimate of drug-likeness (QED) is 0.428. The first-order valence-electron chi connectivity index (χ1n) is 9.45. The van der Waals surface area contributed by atoms with Crippen LogP contribution in [0.3, 0.4) is 0 Å². The molecule has 1 amide bonds. The fourth-order valence-corrected chi connectivity index (χ4v) is 3.17. The number of thioether (sulfide) groups is 1. The van der Waals surface area contributed by atoms with Crippen molar-refractivity contribution >= 4 is 17.7 Å². The Morgan fingerprint density at radius 2 is 2.00 bits per heavy atom. The third kappa shape index (κ3) is 8.39. The number of carbonyl (C=O) groups excluding carboxylic acids is 1. The van der Waals surface area contributed by atoms with Gasteiger partial charge in [-0.3, -0.25) is 4.79 Å². The van der Waals surface area contributed by atoms with Gasteiger partial charge in [-0.15, -0.1) is 11.8 Å². The summed E-state index contributed by atoms with van der Waals surface area (Å²) in [5, 5.41) is 8.45. The highest BCUT2D eigenvalue weighted by Crippen LogP contribution is 2.13. The molecule has 5 heteroatoms. The lowest BCUT2D eigenvalue weighted by atomic mass is 10.1. The average molecular weight is 379 g/mol. The van der Waals surface area contributed by atoms with Gasteiger partial charge in [0.25, 0.3) is 5.91 Å². The van der Waals surface area contributed by atoms with Gasteiger partial charge in [-0.25, -0.2) is 0 Å². The van der Waals surface area contributed by atoms with Gasteiger partial charge in [0, 0.05) is 19.7 Å². The van der Waals surface area contributed by atoms with Crippen molar-refractivity contribution in [2.75, 3.05) is 19.4 Å². The lowest BCUT2D eigenvalue weighted by Crippen LogP contribution is -2.38. The van der Waals surface area contributed by atoms with E-state index in [-0.39, 0.29) is 18.1 Å². The predicted octanol–water partition coefficient (Wildman–Crippen LogP) is 3.91. The summed E-state index contributed by atoms with van der Waals surface area (Å²) in [7, 11) is 1.63. The summed E-state index contributed by atoms with van der Waals surface area (Å²) in [6.45, 7) is 9.90. The van der Waals surface area contributed by atoms with Gasteiger partial charge in [-0.1, -0.05) is 38.1 Å². The Morgan fingerprint density at radius 3 is 2.65 bits per heavy atom. The van der Waals surface area contributed by atoms with E-state index < -0.39 is 0 Å². The molecule has 0 spiro atoms. The van der Waals surface area contributed by atoms with Crippen molar-refractivity contribution < 1.29 is 9.53 Å². The maximum atomic E-state index is 12.5. The van der Waals surface area contributed by atoms with Crippen LogP contribution in [0.4, 0.5) is 0 Å². The van der Waals surface area contributed by atoms with Gasteiger partial charge in [0.2, 0.25) is 0 Å². The molecule has 0 saturated carbocycles. The van der Waals surface area contributed by atoms with Crippen LogP contribution < -0.4 is 10.6 Å². The van der Waals surface area contributed by atoms with Gasteiger partial charge < -0.3 is 15.4 Å². The molecule has 0 heterocycles. The highest BCUT2D eigenvalue weighted by molar-refractivity contribution is 8.02. The van der Waals surface area contributed by atoms with Gasteiger partial charge in [-0.2, -0.15) is 0 Å². The van der Waals surface area contributed by atoms with Crippen LogP contribution >= 0.6 is 11.8 Å². The first-order chi connectivity index (χ1) is 12.5. The summed E-state index contributed by atoms with van der Waals surface area (Å²) in [5.74, 6) is 0.898. The number of nitrogens with one attached hydrogen (secondary N) is 2. The standard InChI is InChI=1S/C21H34N2O2S/c1-6-18-9-8-10-19(13-18)14-22-12-11-16(3)23-21(24)20(15-26-7-2)17(4)25-5/h8-10,13,15-17,22H,6-7,11-12,14H2,1-5H3,(H,23,24)/b20-15+. The minimum absolute atomic E-state index is 0.0385. The average Bonchev–Trinajstić information content (AvgIpc) is 2.65. The van der Waals surface area contributed by atoms with Crippen LogP contribution in [0.25, 0.3) is 0 Å². The molecule has 1 aromatic carbocycles. The Balaban J connectivity index is 2.40. The zero-order valence-electron chi connectivity index (χ0n) is 16.8. The number of ether oxygens (including phenoxy) is 1. The number of aryl methyl sites for hydroxylation is 1. The third-order valence-electron chi connectivity index (χ3n) is 4.29. The Kier molecular flexibility index (Phi) is 11.3. The smallest absolute Gasteiger partial charge is 0.250 e. The molecular formula is C21H34N2O2S. The largest absolute Gasteiger partial charge is 0.377 e. The second-order valence-corrected chi connectivity index (χ2v) is 7.57. The molecule has 0 radical (unpaired) electrons. The van der Waals surface area contributed by atoms with E-state index in [1.807, 2.05) is 19.3 Å². The molecule has 0 bridgehead atoms. The normalized spacial score (nSPS) is 14.1. The zero-order valence-corrected chi connectivity index (χ0v) is 17.6. The molecule has 0 aliphatic carbocycles. The second kappa shape index (κ2) is 13.0. The van der Waals surface area contributed by atoms with E-state index in [0.29, 0.717) is 5.57 Å². The van der Waals surface area contributed by atoms with Crippen LogP contribution in [-0.2, 0) is 22.5 Å². The zero-order chi connectivity index (χ0) is 19.4. The van der Waals surface area contributed by atoms with Crippen molar-refractivity contribution in [2.24, 2.45) is 0 Å². The van der Waals surface area contributed by atoms with Gasteiger partial charge in [0.05, 0.1) is 11.7 Å².